The fourth-order valence-corrected chi connectivity index (χ4v) is 4.02. The number of hydrogen-bond acceptors (Lipinski definition) is 3. The van der Waals surface area contributed by atoms with E-state index in [1.165, 1.54) is 77.0 Å². The standard InChI is InChI=1S/C22H47O4P/c1-3-5-7-9-10-11-12-13-14-15-16-17-18-20-22-26-27(23,24)25-21-19-8-6-4-2/h3-22H2,1-2H3,(H,23,24). The molecule has 0 aliphatic heterocycles. The summed E-state index contributed by atoms with van der Waals surface area (Å²) in [6.45, 7) is 5.04. The Morgan fingerprint density at radius 1 is 0.519 bits per heavy atom. The maximum absolute atomic E-state index is 11.7. The summed E-state index contributed by atoms with van der Waals surface area (Å²) < 4.78 is 21.7. The van der Waals surface area contributed by atoms with Gasteiger partial charge in [0.05, 0.1) is 13.2 Å². The van der Waals surface area contributed by atoms with Gasteiger partial charge in [-0.25, -0.2) is 4.57 Å². The Labute approximate surface area is 169 Å². The fourth-order valence-electron chi connectivity index (χ4n) is 3.22. The molecule has 1 unspecified atom stereocenters. The molecule has 1 atom stereocenters. The van der Waals surface area contributed by atoms with Crippen molar-refractivity contribution in [1.82, 2.24) is 0 Å². The second kappa shape index (κ2) is 20.8. The van der Waals surface area contributed by atoms with Crippen LogP contribution in [0.3, 0.4) is 0 Å². The van der Waals surface area contributed by atoms with E-state index in [9.17, 15) is 9.46 Å². The second-order valence-electron chi connectivity index (χ2n) is 7.79. The Hall–Kier alpha value is 0.110. The number of phosphoric acid groups is 1. The van der Waals surface area contributed by atoms with E-state index in [0.29, 0.717) is 13.2 Å². The third-order valence-electron chi connectivity index (χ3n) is 5.00. The largest absolute Gasteiger partial charge is 0.472 e. The van der Waals surface area contributed by atoms with Gasteiger partial charge in [-0.3, -0.25) is 9.05 Å². The van der Waals surface area contributed by atoms with Crippen LogP contribution in [0, 0.1) is 0 Å². The number of rotatable bonds is 22. The quantitative estimate of drug-likeness (QED) is 0.145. The highest BCUT2D eigenvalue weighted by Gasteiger charge is 2.19. The first-order valence-corrected chi connectivity index (χ1v) is 13.2. The van der Waals surface area contributed by atoms with E-state index in [4.69, 9.17) is 9.05 Å². The van der Waals surface area contributed by atoms with Crippen LogP contribution in [-0.2, 0) is 13.6 Å². The van der Waals surface area contributed by atoms with Gasteiger partial charge in [0.1, 0.15) is 0 Å². The van der Waals surface area contributed by atoms with Gasteiger partial charge in [-0.2, -0.15) is 0 Å². The van der Waals surface area contributed by atoms with Crippen molar-refractivity contribution in [2.45, 2.75) is 129 Å². The molecule has 0 aromatic carbocycles. The van der Waals surface area contributed by atoms with Gasteiger partial charge in [-0.05, 0) is 12.8 Å². The predicted octanol–water partition coefficient (Wildman–Crippen LogP) is 8.18. The molecule has 5 heteroatoms. The molecule has 0 aromatic rings. The third-order valence-corrected chi connectivity index (χ3v) is 6.02. The van der Waals surface area contributed by atoms with E-state index in [0.717, 1.165) is 38.5 Å². The zero-order valence-electron chi connectivity index (χ0n) is 18.3. The summed E-state index contributed by atoms with van der Waals surface area (Å²) in [6.07, 6.45) is 22.3. The van der Waals surface area contributed by atoms with Crippen LogP contribution in [0.1, 0.15) is 129 Å². The fraction of sp³-hybridized carbons (Fsp3) is 1.00. The SMILES string of the molecule is CCCCCCCCCCCCCCCCOP(=O)(O)OCCCCCC. The van der Waals surface area contributed by atoms with Crippen molar-refractivity contribution in [3.05, 3.63) is 0 Å². The maximum Gasteiger partial charge on any atom is 0.472 e. The van der Waals surface area contributed by atoms with Crippen LogP contribution in [0.4, 0.5) is 0 Å². The lowest BCUT2D eigenvalue weighted by Crippen LogP contribution is -1.99. The molecule has 27 heavy (non-hydrogen) atoms. The summed E-state index contributed by atoms with van der Waals surface area (Å²) in [7, 11) is -3.83. The van der Waals surface area contributed by atoms with Gasteiger partial charge in [0.2, 0.25) is 0 Å². The number of phosphoric ester groups is 1. The zero-order valence-corrected chi connectivity index (χ0v) is 19.2. The summed E-state index contributed by atoms with van der Waals surface area (Å²) >= 11 is 0. The topological polar surface area (TPSA) is 55.8 Å². The summed E-state index contributed by atoms with van der Waals surface area (Å²) in [5.41, 5.74) is 0. The highest BCUT2D eigenvalue weighted by Crippen LogP contribution is 2.43. The minimum atomic E-state index is -3.83. The normalized spacial score (nSPS) is 13.7. The molecule has 0 amide bonds. The smallest absolute Gasteiger partial charge is 0.302 e. The van der Waals surface area contributed by atoms with E-state index in [2.05, 4.69) is 13.8 Å². The van der Waals surface area contributed by atoms with Gasteiger partial charge in [-0.15, -0.1) is 0 Å². The monoisotopic (exact) mass is 406 g/mol. The van der Waals surface area contributed by atoms with E-state index in [1.54, 1.807) is 0 Å². The highest BCUT2D eigenvalue weighted by molar-refractivity contribution is 7.47. The van der Waals surface area contributed by atoms with E-state index in [-0.39, 0.29) is 0 Å². The lowest BCUT2D eigenvalue weighted by molar-refractivity contribution is 0.145. The molecule has 0 fully saturated rings. The molecule has 0 aliphatic carbocycles. The van der Waals surface area contributed by atoms with Crippen molar-refractivity contribution in [2.24, 2.45) is 0 Å². The molecular formula is C22H47O4P. The predicted molar refractivity (Wildman–Crippen MR) is 116 cm³/mol. The van der Waals surface area contributed by atoms with Crippen LogP contribution in [0.15, 0.2) is 0 Å². The number of unbranched alkanes of at least 4 members (excludes halogenated alkanes) is 16. The first kappa shape index (κ1) is 27.1. The second-order valence-corrected chi connectivity index (χ2v) is 9.25. The van der Waals surface area contributed by atoms with Crippen LogP contribution in [-0.4, -0.2) is 18.1 Å². The molecule has 1 N–H and O–H groups in total. The molecule has 4 nitrogen and oxygen atoms in total. The first-order valence-electron chi connectivity index (χ1n) is 11.7. The molecule has 164 valence electrons. The van der Waals surface area contributed by atoms with Crippen molar-refractivity contribution in [3.8, 4) is 0 Å². The van der Waals surface area contributed by atoms with Crippen molar-refractivity contribution in [2.75, 3.05) is 13.2 Å². The Bertz CT molecular complexity index is 336. The minimum Gasteiger partial charge on any atom is -0.302 e. The lowest BCUT2D eigenvalue weighted by atomic mass is 10.0. The van der Waals surface area contributed by atoms with Crippen LogP contribution in [0.25, 0.3) is 0 Å². The Kier molecular flexibility index (Phi) is 20.9. The first-order chi connectivity index (χ1) is 13.1. The Morgan fingerprint density at radius 3 is 1.11 bits per heavy atom. The van der Waals surface area contributed by atoms with E-state index >= 15 is 0 Å². The molecule has 0 aliphatic rings. The molecule has 0 bridgehead atoms. The van der Waals surface area contributed by atoms with Crippen molar-refractivity contribution >= 4 is 7.82 Å². The summed E-state index contributed by atoms with van der Waals surface area (Å²) in [6, 6.07) is 0. The molecule has 0 saturated carbocycles. The van der Waals surface area contributed by atoms with Crippen LogP contribution in [0.2, 0.25) is 0 Å². The molecule has 0 rings (SSSR count). The van der Waals surface area contributed by atoms with Gasteiger partial charge < -0.3 is 4.89 Å². The van der Waals surface area contributed by atoms with Gasteiger partial charge in [-0.1, -0.05) is 117 Å². The highest BCUT2D eigenvalue weighted by atomic mass is 31.2. The summed E-state index contributed by atoms with van der Waals surface area (Å²) in [5, 5.41) is 0. The van der Waals surface area contributed by atoms with Crippen molar-refractivity contribution in [3.63, 3.8) is 0 Å². The molecular weight excluding hydrogens is 359 g/mol. The lowest BCUT2D eigenvalue weighted by Gasteiger charge is -2.12. The van der Waals surface area contributed by atoms with Crippen LogP contribution < -0.4 is 0 Å². The Morgan fingerprint density at radius 2 is 0.778 bits per heavy atom. The average molecular weight is 407 g/mol. The van der Waals surface area contributed by atoms with Gasteiger partial charge in [0.15, 0.2) is 0 Å². The van der Waals surface area contributed by atoms with Gasteiger partial charge in [0.25, 0.3) is 0 Å². The van der Waals surface area contributed by atoms with Crippen LogP contribution >= 0.6 is 7.82 Å². The average Bonchev–Trinajstić information content (AvgIpc) is 2.64. The Balaban J connectivity index is 3.24. The molecule has 0 radical (unpaired) electrons. The molecule has 0 aromatic heterocycles. The van der Waals surface area contributed by atoms with Gasteiger partial charge in [0, 0.05) is 0 Å². The van der Waals surface area contributed by atoms with E-state index < -0.39 is 7.82 Å². The molecule has 0 saturated heterocycles. The summed E-state index contributed by atoms with van der Waals surface area (Å²) in [5.74, 6) is 0. The zero-order chi connectivity index (χ0) is 20.1. The minimum absolute atomic E-state index is 0.312. The molecule has 0 heterocycles. The van der Waals surface area contributed by atoms with E-state index in [1.807, 2.05) is 0 Å². The van der Waals surface area contributed by atoms with Gasteiger partial charge >= 0.3 is 7.82 Å². The third kappa shape index (κ3) is 22.3. The van der Waals surface area contributed by atoms with Crippen LogP contribution in [0.5, 0.6) is 0 Å². The molecule has 0 spiro atoms. The summed E-state index contributed by atoms with van der Waals surface area (Å²) in [4.78, 5) is 9.59. The number of hydrogen-bond donors (Lipinski definition) is 1. The maximum atomic E-state index is 11.7. The van der Waals surface area contributed by atoms with Crippen molar-refractivity contribution in [1.29, 1.82) is 0 Å². The van der Waals surface area contributed by atoms with Crippen molar-refractivity contribution < 1.29 is 18.5 Å².